The third kappa shape index (κ3) is 3.41. The Morgan fingerprint density at radius 1 is 0.833 bits per heavy atom. The molecule has 0 unspecified atom stereocenters. The highest BCUT2D eigenvalue weighted by Gasteiger charge is 2.15. The number of hydrogen-bond acceptors (Lipinski definition) is 1. The molecule has 0 atom stereocenters. The van der Waals surface area contributed by atoms with Crippen LogP contribution in [0.5, 0.6) is 0 Å². The summed E-state index contributed by atoms with van der Waals surface area (Å²) in [6, 6.07) is 22.4. The fourth-order valence-corrected chi connectivity index (χ4v) is 4.70. The summed E-state index contributed by atoms with van der Waals surface area (Å²) < 4.78 is 0. The Hall–Kier alpha value is -1.67. The average Bonchev–Trinajstić information content (AvgIpc) is 2.46. The number of benzene rings is 2. The van der Waals surface area contributed by atoms with Crippen LogP contribution in [-0.4, -0.2) is 15.1 Å². The molecule has 2 radical (unpaired) electrons. The maximum Gasteiger partial charge on any atom is 0.198 e. The first-order chi connectivity index (χ1) is 8.92. The lowest BCUT2D eigenvalue weighted by molar-refractivity contribution is 0.550. The molecule has 18 heavy (non-hydrogen) atoms. The van der Waals surface area contributed by atoms with Crippen LogP contribution in [0.2, 0.25) is 6.04 Å². The van der Waals surface area contributed by atoms with Gasteiger partial charge < -0.3 is 0 Å². The topological polar surface area (TPSA) is 17.1 Å². The fourth-order valence-electron chi connectivity index (χ4n) is 2.07. The average molecular weight is 252 g/mol. The molecule has 0 N–H and O–H groups in total. The molecule has 2 rings (SSSR count). The van der Waals surface area contributed by atoms with Crippen molar-refractivity contribution >= 4 is 25.5 Å². The molecule has 2 aromatic carbocycles. The van der Waals surface area contributed by atoms with Gasteiger partial charge in [0.15, 0.2) is 6.29 Å². The predicted molar refractivity (Wildman–Crippen MR) is 77.6 cm³/mol. The zero-order valence-corrected chi connectivity index (χ0v) is 11.3. The molecule has 0 aliphatic rings. The van der Waals surface area contributed by atoms with Gasteiger partial charge in [0.2, 0.25) is 0 Å². The van der Waals surface area contributed by atoms with Crippen LogP contribution >= 0.6 is 0 Å². The van der Waals surface area contributed by atoms with Crippen LogP contribution in [0.4, 0.5) is 0 Å². The Bertz CT molecular complexity index is 427. The van der Waals surface area contributed by atoms with E-state index in [4.69, 9.17) is 0 Å². The largest absolute Gasteiger partial charge is 0.291 e. The third-order valence-electron chi connectivity index (χ3n) is 2.95. The Balaban J connectivity index is 2.21. The van der Waals surface area contributed by atoms with Gasteiger partial charge in [-0.3, -0.25) is 4.79 Å². The molecule has 0 aliphatic carbocycles. The molecular formula is C16H16OSi. The highest BCUT2D eigenvalue weighted by atomic mass is 28.3. The van der Waals surface area contributed by atoms with Gasteiger partial charge in [-0.05, 0) is 6.42 Å². The Morgan fingerprint density at radius 3 is 1.78 bits per heavy atom. The van der Waals surface area contributed by atoms with E-state index in [1.165, 1.54) is 10.4 Å². The van der Waals surface area contributed by atoms with E-state index >= 15 is 0 Å². The lowest BCUT2D eigenvalue weighted by Gasteiger charge is -2.15. The minimum absolute atomic E-state index is 0.549. The molecule has 0 aromatic heterocycles. The molecular weight excluding hydrogens is 236 g/mol. The van der Waals surface area contributed by atoms with Crippen LogP contribution in [-0.2, 0) is 4.79 Å². The molecule has 0 spiro atoms. The second kappa shape index (κ2) is 6.92. The maximum atomic E-state index is 10.3. The Kier molecular flexibility index (Phi) is 4.91. The standard InChI is InChI=1S/C16H16OSi/c17-13-7-8-14-18(15-9-3-1-4-10-15)16-11-5-2-6-12-16/h1-6,9-12H,7-8,14H2. The first kappa shape index (κ1) is 12.8. The zero-order chi connectivity index (χ0) is 12.6. The van der Waals surface area contributed by atoms with Gasteiger partial charge in [0, 0.05) is 6.42 Å². The van der Waals surface area contributed by atoms with E-state index in [0.717, 1.165) is 12.5 Å². The molecule has 0 bridgehead atoms. The second-order valence-corrected chi connectivity index (χ2v) is 6.82. The first-order valence-corrected chi connectivity index (χ1v) is 7.94. The van der Waals surface area contributed by atoms with Crippen molar-refractivity contribution in [2.75, 3.05) is 0 Å². The second-order valence-electron chi connectivity index (χ2n) is 4.21. The van der Waals surface area contributed by atoms with Crippen LogP contribution in [0.3, 0.4) is 0 Å². The van der Waals surface area contributed by atoms with Gasteiger partial charge >= 0.3 is 0 Å². The molecule has 0 fully saturated rings. The number of unbranched alkanes of at least 4 members (excludes halogenated alkanes) is 1. The van der Waals surface area contributed by atoms with E-state index in [2.05, 4.69) is 48.5 Å². The number of hydrogen-bond donors (Lipinski definition) is 0. The molecule has 0 aliphatic heterocycles. The van der Waals surface area contributed by atoms with Crippen molar-refractivity contribution in [2.24, 2.45) is 0 Å². The fraction of sp³-hybridized carbons (Fsp3) is 0.188. The normalized spacial score (nSPS) is 10.5. The molecule has 0 saturated carbocycles. The summed E-state index contributed by atoms with van der Waals surface area (Å²) in [6.07, 6.45) is 3.47. The van der Waals surface area contributed by atoms with Crippen LogP contribution in [0, 0.1) is 0 Å². The molecule has 0 saturated heterocycles. The molecule has 90 valence electrons. The number of carbonyl (C=O) groups excluding carboxylic acids is 1. The molecule has 2 aromatic rings. The van der Waals surface area contributed by atoms with Gasteiger partial charge in [0.05, 0.1) is 0 Å². The van der Waals surface area contributed by atoms with Crippen molar-refractivity contribution < 1.29 is 4.79 Å². The summed E-state index contributed by atoms with van der Waals surface area (Å²) >= 11 is 0. The van der Waals surface area contributed by atoms with Crippen molar-refractivity contribution in [3.8, 4) is 0 Å². The number of rotatable bonds is 6. The van der Waals surface area contributed by atoms with Gasteiger partial charge in [-0.1, -0.05) is 77.1 Å². The minimum atomic E-state index is -0.751. The van der Waals surface area contributed by atoms with Crippen molar-refractivity contribution in [3.05, 3.63) is 60.7 Å². The van der Waals surface area contributed by atoms with E-state index in [1.54, 1.807) is 0 Å². The lowest BCUT2D eigenvalue weighted by Crippen LogP contribution is -2.41. The summed E-state index contributed by atoms with van der Waals surface area (Å²) in [4.78, 5) is 10.3. The van der Waals surface area contributed by atoms with Crippen molar-refractivity contribution in [2.45, 2.75) is 18.9 Å². The minimum Gasteiger partial charge on any atom is -0.291 e. The van der Waals surface area contributed by atoms with E-state index in [9.17, 15) is 4.79 Å². The first-order valence-electron chi connectivity index (χ1n) is 6.23. The van der Waals surface area contributed by atoms with Gasteiger partial charge in [-0.15, -0.1) is 0 Å². The van der Waals surface area contributed by atoms with Gasteiger partial charge in [-0.2, -0.15) is 0 Å². The van der Waals surface area contributed by atoms with Gasteiger partial charge in [-0.25, -0.2) is 0 Å². The van der Waals surface area contributed by atoms with E-state index in [-0.39, 0.29) is 0 Å². The summed E-state index contributed by atoms with van der Waals surface area (Å²) in [6.45, 7) is 0. The van der Waals surface area contributed by atoms with E-state index in [0.29, 0.717) is 6.42 Å². The molecule has 0 heterocycles. The highest BCUT2D eigenvalue weighted by molar-refractivity contribution is 6.85. The Morgan fingerprint density at radius 2 is 1.33 bits per heavy atom. The summed E-state index contributed by atoms with van der Waals surface area (Å²) in [5.74, 6) is 0. The quantitative estimate of drug-likeness (QED) is 0.569. The highest BCUT2D eigenvalue weighted by Crippen LogP contribution is 2.03. The van der Waals surface area contributed by atoms with E-state index < -0.39 is 8.80 Å². The van der Waals surface area contributed by atoms with Crippen LogP contribution in [0.1, 0.15) is 12.8 Å². The van der Waals surface area contributed by atoms with Crippen LogP contribution < -0.4 is 10.4 Å². The van der Waals surface area contributed by atoms with Crippen molar-refractivity contribution in [3.63, 3.8) is 0 Å². The summed E-state index contributed by atoms with van der Waals surface area (Å²) in [5.41, 5.74) is 0. The van der Waals surface area contributed by atoms with Crippen LogP contribution in [0.15, 0.2) is 60.7 Å². The molecule has 0 amide bonds. The smallest absolute Gasteiger partial charge is 0.198 e. The SMILES string of the molecule is O=[C]CCC[Si](c1ccccc1)c1ccccc1. The summed E-state index contributed by atoms with van der Waals surface area (Å²) in [5, 5.41) is 2.83. The Labute approximate surface area is 110 Å². The van der Waals surface area contributed by atoms with E-state index in [1.807, 2.05) is 18.4 Å². The molecule has 2 heteroatoms. The van der Waals surface area contributed by atoms with Gasteiger partial charge in [0.1, 0.15) is 8.80 Å². The predicted octanol–water partition coefficient (Wildman–Crippen LogP) is 2.19. The van der Waals surface area contributed by atoms with Crippen molar-refractivity contribution in [1.82, 2.24) is 0 Å². The van der Waals surface area contributed by atoms with Crippen LogP contribution in [0.25, 0.3) is 0 Å². The maximum absolute atomic E-state index is 10.3. The third-order valence-corrected chi connectivity index (χ3v) is 5.86. The lowest BCUT2D eigenvalue weighted by atomic mass is 10.4. The monoisotopic (exact) mass is 252 g/mol. The molecule has 1 nitrogen and oxygen atoms in total. The zero-order valence-electron chi connectivity index (χ0n) is 10.3. The summed E-state index contributed by atoms with van der Waals surface area (Å²) in [7, 11) is -0.751. The van der Waals surface area contributed by atoms with Crippen molar-refractivity contribution in [1.29, 1.82) is 0 Å². The van der Waals surface area contributed by atoms with Gasteiger partial charge in [0.25, 0.3) is 0 Å².